The van der Waals surface area contributed by atoms with Crippen molar-refractivity contribution in [2.24, 2.45) is 0 Å². The van der Waals surface area contributed by atoms with E-state index in [9.17, 15) is 9.59 Å². The highest BCUT2D eigenvalue weighted by Gasteiger charge is 2.32. The maximum atomic E-state index is 12.0. The number of esters is 2. The molecule has 0 bridgehead atoms. The quantitative estimate of drug-likeness (QED) is 0.879. The smallest absolute Gasteiger partial charge is 0.341 e. The van der Waals surface area contributed by atoms with Gasteiger partial charge < -0.3 is 14.8 Å². The Morgan fingerprint density at radius 1 is 1.32 bits per heavy atom. The van der Waals surface area contributed by atoms with Crippen LogP contribution in [0, 0.1) is 13.8 Å². The number of anilines is 1. The van der Waals surface area contributed by atoms with E-state index >= 15 is 0 Å². The highest BCUT2D eigenvalue weighted by Crippen LogP contribution is 2.38. The Hall–Kier alpha value is -2.34. The van der Waals surface area contributed by atoms with Crippen molar-refractivity contribution < 1.29 is 19.1 Å². The van der Waals surface area contributed by atoms with E-state index in [1.54, 1.807) is 12.1 Å². The Balaban J connectivity index is 1.97. The minimum Gasteiger partial charge on any atom is -0.465 e. The van der Waals surface area contributed by atoms with Gasteiger partial charge >= 0.3 is 11.9 Å². The Morgan fingerprint density at radius 2 is 2.05 bits per heavy atom. The molecule has 22 heavy (non-hydrogen) atoms. The number of benzene rings is 1. The van der Waals surface area contributed by atoms with Crippen LogP contribution in [0.4, 0.5) is 5.00 Å². The van der Waals surface area contributed by atoms with E-state index in [1.807, 2.05) is 26.0 Å². The van der Waals surface area contributed by atoms with Gasteiger partial charge in [0, 0.05) is 10.4 Å². The summed E-state index contributed by atoms with van der Waals surface area (Å²) in [6.07, 6.45) is -0.593. The van der Waals surface area contributed by atoms with Gasteiger partial charge in [0.15, 0.2) is 0 Å². The number of hydrogen-bond donors (Lipinski definition) is 1. The van der Waals surface area contributed by atoms with E-state index in [2.05, 4.69) is 5.32 Å². The zero-order valence-corrected chi connectivity index (χ0v) is 13.2. The summed E-state index contributed by atoms with van der Waals surface area (Å²) < 4.78 is 10.2. The van der Waals surface area contributed by atoms with Crippen molar-refractivity contribution in [1.29, 1.82) is 0 Å². The van der Waals surface area contributed by atoms with E-state index in [4.69, 9.17) is 9.47 Å². The fraction of sp³-hybridized carbons (Fsp3) is 0.250. The third kappa shape index (κ3) is 2.25. The summed E-state index contributed by atoms with van der Waals surface area (Å²) in [7, 11) is 1.35. The molecule has 1 aromatic carbocycles. The van der Waals surface area contributed by atoms with Crippen molar-refractivity contribution in [2.45, 2.75) is 20.1 Å². The molecule has 2 heterocycles. The highest BCUT2D eigenvalue weighted by atomic mass is 32.1. The monoisotopic (exact) mass is 317 g/mol. The molecule has 0 saturated carbocycles. The van der Waals surface area contributed by atoms with Crippen LogP contribution in [0.25, 0.3) is 0 Å². The average Bonchev–Trinajstić information content (AvgIpc) is 2.97. The molecule has 114 valence electrons. The van der Waals surface area contributed by atoms with Crippen molar-refractivity contribution in [3.8, 4) is 0 Å². The predicted octanol–water partition coefficient (Wildman–Crippen LogP) is 3.43. The second-order valence-electron chi connectivity index (χ2n) is 5.00. The van der Waals surface area contributed by atoms with Gasteiger partial charge in [-0.3, -0.25) is 0 Å². The van der Waals surface area contributed by atoms with Crippen LogP contribution < -0.4 is 5.32 Å². The van der Waals surface area contributed by atoms with Crippen molar-refractivity contribution in [1.82, 2.24) is 0 Å². The van der Waals surface area contributed by atoms with Gasteiger partial charge in [-0.05, 0) is 25.5 Å². The van der Waals surface area contributed by atoms with Crippen LogP contribution in [-0.4, -0.2) is 19.0 Å². The number of carbonyl (C=O) groups excluding carboxylic acids is 2. The normalized spacial score (nSPS) is 16.1. The summed E-state index contributed by atoms with van der Waals surface area (Å²) in [4.78, 5) is 24.9. The van der Waals surface area contributed by atoms with Gasteiger partial charge in [-0.25, -0.2) is 9.59 Å². The summed E-state index contributed by atoms with van der Waals surface area (Å²) in [6.45, 7) is 3.81. The third-order valence-corrected chi connectivity index (χ3v) is 4.86. The van der Waals surface area contributed by atoms with E-state index in [1.165, 1.54) is 18.4 Å². The van der Waals surface area contributed by atoms with Crippen molar-refractivity contribution in [2.75, 3.05) is 12.4 Å². The molecule has 0 saturated heterocycles. The van der Waals surface area contributed by atoms with Gasteiger partial charge in [-0.15, -0.1) is 11.3 Å². The van der Waals surface area contributed by atoms with E-state index in [0.717, 1.165) is 16.0 Å². The van der Waals surface area contributed by atoms with Gasteiger partial charge in [-0.1, -0.05) is 18.2 Å². The second kappa shape index (κ2) is 5.46. The zero-order valence-electron chi connectivity index (χ0n) is 12.4. The topological polar surface area (TPSA) is 64.6 Å². The van der Waals surface area contributed by atoms with Crippen LogP contribution in [0.3, 0.4) is 0 Å². The summed E-state index contributed by atoms with van der Waals surface area (Å²) >= 11 is 1.44. The SMILES string of the molecule is COC(=O)c1c(NC2OC(=O)c3ccccc32)sc(C)c1C. The molecular formula is C16H15NO4S. The Bertz CT molecular complexity index is 766. The Kier molecular flexibility index (Phi) is 3.62. The molecule has 2 aromatic rings. The maximum absolute atomic E-state index is 12.0. The maximum Gasteiger partial charge on any atom is 0.341 e. The number of nitrogens with one attached hydrogen (secondary N) is 1. The molecule has 0 spiro atoms. The fourth-order valence-corrected chi connectivity index (χ4v) is 3.51. The van der Waals surface area contributed by atoms with E-state index in [-0.39, 0.29) is 5.97 Å². The van der Waals surface area contributed by atoms with Crippen LogP contribution in [-0.2, 0) is 9.47 Å². The molecule has 0 aliphatic carbocycles. The minimum atomic E-state index is -0.593. The Morgan fingerprint density at radius 3 is 2.77 bits per heavy atom. The van der Waals surface area contributed by atoms with Gasteiger partial charge in [0.05, 0.1) is 18.2 Å². The third-order valence-electron chi connectivity index (χ3n) is 3.73. The number of hydrogen-bond acceptors (Lipinski definition) is 6. The molecule has 6 heteroatoms. The van der Waals surface area contributed by atoms with Gasteiger partial charge in [0.2, 0.25) is 6.23 Å². The summed E-state index contributed by atoms with van der Waals surface area (Å²) in [5.41, 5.74) is 2.68. The lowest BCUT2D eigenvalue weighted by molar-refractivity contribution is 0.0437. The number of cyclic esters (lactones) is 1. The molecule has 1 unspecified atom stereocenters. The average molecular weight is 317 g/mol. The number of aryl methyl sites for hydroxylation is 1. The van der Waals surface area contributed by atoms with Crippen molar-refractivity contribution in [3.63, 3.8) is 0 Å². The van der Waals surface area contributed by atoms with Crippen molar-refractivity contribution in [3.05, 3.63) is 51.4 Å². The first-order chi connectivity index (χ1) is 10.5. The summed E-state index contributed by atoms with van der Waals surface area (Å²) in [6, 6.07) is 7.21. The van der Waals surface area contributed by atoms with Crippen LogP contribution in [0.5, 0.6) is 0 Å². The second-order valence-corrected chi connectivity index (χ2v) is 6.22. The predicted molar refractivity (Wildman–Crippen MR) is 83.4 cm³/mol. The van der Waals surface area contributed by atoms with Crippen molar-refractivity contribution >= 4 is 28.3 Å². The zero-order chi connectivity index (χ0) is 15.9. The number of methoxy groups -OCH3 is 1. The number of ether oxygens (including phenoxy) is 2. The molecular weight excluding hydrogens is 302 g/mol. The van der Waals surface area contributed by atoms with Gasteiger partial charge in [0.1, 0.15) is 5.00 Å². The molecule has 1 aliphatic heterocycles. The largest absolute Gasteiger partial charge is 0.465 e. The number of rotatable bonds is 3. The molecule has 5 nitrogen and oxygen atoms in total. The lowest BCUT2D eigenvalue weighted by atomic mass is 10.1. The minimum absolute atomic E-state index is 0.363. The lowest BCUT2D eigenvalue weighted by Gasteiger charge is -2.14. The molecule has 0 radical (unpaired) electrons. The fourth-order valence-electron chi connectivity index (χ4n) is 2.45. The first kappa shape index (κ1) is 14.6. The molecule has 3 rings (SSSR count). The van der Waals surface area contributed by atoms with Crippen LogP contribution in [0.2, 0.25) is 0 Å². The molecule has 1 aliphatic rings. The summed E-state index contributed by atoms with van der Waals surface area (Å²) in [5.74, 6) is -0.764. The van der Waals surface area contributed by atoms with Gasteiger partial charge in [0.25, 0.3) is 0 Å². The van der Waals surface area contributed by atoms with Crippen LogP contribution >= 0.6 is 11.3 Å². The van der Waals surface area contributed by atoms with E-state index in [0.29, 0.717) is 16.1 Å². The van der Waals surface area contributed by atoms with Gasteiger partial charge in [-0.2, -0.15) is 0 Å². The lowest BCUT2D eigenvalue weighted by Crippen LogP contribution is -2.13. The Labute approximate surface area is 131 Å². The molecule has 1 aromatic heterocycles. The molecule has 0 fully saturated rings. The highest BCUT2D eigenvalue weighted by molar-refractivity contribution is 7.16. The first-order valence-electron chi connectivity index (χ1n) is 6.77. The molecule has 0 amide bonds. The summed E-state index contributed by atoms with van der Waals surface area (Å²) in [5, 5.41) is 3.80. The first-order valence-corrected chi connectivity index (χ1v) is 7.59. The van der Waals surface area contributed by atoms with E-state index < -0.39 is 12.2 Å². The number of thiophene rings is 1. The van der Waals surface area contributed by atoms with Crippen LogP contribution in [0.1, 0.15) is 42.9 Å². The van der Waals surface area contributed by atoms with Crippen LogP contribution in [0.15, 0.2) is 24.3 Å². The molecule has 1 N–H and O–H groups in total. The number of carbonyl (C=O) groups is 2. The standard InChI is InChI=1S/C16H15NO4S/c1-8-9(2)22-14(12(8)16(19)20-3)17-13-10-6-4-5-7-11(10)15(18)21-13/h4-7,13,17H,1-3H3. The molecule has 1 atom stereocenters. The number of fused-ring (bicyclic) bond motifs is 1.